The van der Waals surface area contributed by atoms with Gasteiger partial charge < -0.3 is 10.6 Å². The van der Waals surface area contributed by atoms with Crippen LogP contribution in [0, 0.1) is 10.1 Å². The predicted octanol–water partition coefficient (Wildman–Crippen LogP) is 4.23. The van der Waals surface area contributed by atoms with Gasteiger partial charge in [0, 0.05) is 30.3 Å². The summed E-state index contributed by atoms with van der Waals surface area (Å²) < 4.78 is 39.2. The summed E-state index contributed by atoms with van der Waals surface area (Å²) in [5.41, 5.74) is -0.981. The molecule has 2 aromatic rings. The number of nitro groups is 1. The van der Waals surface area contributed by atoms with Gasteiger partial charge in [0.15, 0.2) is 5.69 Å². The van der Waals surface area contributed by atoms with E-state index in [1.54, 1.807) is 20.8 Å². The van der Waals surface area contributed by atoms with E-state index in [9.17, 15) is 23.3 Å². The molecule has 7 nitrogen and oxygen atoms in total. The molecule has 1 aromatic heterocycles. The molecular weight excluding hydrogens is 351 g/mol. The molecule has 0 saturated carbocycles. The van der Waals surface area contributed by atoms with E-state index in [0.29, 0.717) is 5.56 Å². The van der Waals surface area contributed by atoms with Gasteiger partial charge in [0.1, 0.15) is 5.82 Å². The molecule has 2 N–H and O–H groups in total. The van der Waals surface area contributed by atoms with E-state index in [4.69, 9.17) is 0 Å². The number of rotatable bonds is 5. The number of halogens is 3. The van der Waals surface area contributed by atoms with Gasteiger partial charge in [-0.15, -0.1) is 0 Å². The standard InChI is InChI=1S/C16H18F3N5O2/c1-15(2,3)23-14-21-12(16(17,18)19)8-13(22-14)20-9-10-4-6-11(7-5-10)24(25)26/h4-8H,9H2,1-3H3,(H2,20,21,22,23). The highest BCUT2D eigenvalue weighted by atomic mass is 19.4. The minimum absolute atomic E-state index is 0.00238. The topological polar surface area (TPSA) is 93.0 Å². The van der Waals surface area contributed by atoms with Crippen molar-refractivity contribution in [1.29, 1.82) is 0 Å². The summed E-state index contributed by atoms with van der Waals surface area (Å²) in [6, 6.07) is 6.51. The van der Waals surface area contributed by atoms with Crippen LogP contribution in [0.15, 0.2) is 30.3 Å². The summed E-state index contributed by atoms with van der Waals surface area (Å²) in [5, 5.41) is 16.2. The molecule has 0 spiro atoms. The Labute approximate surface area is 147 Å². The minimum Gasteiger partial charge on any atom is -0.366 e. The van der Waals surface area contributed by atoms with Crippen molar-refractivity contribution in [1.82, 2.24) is 9.97 Å². The molecule has 1 aromatic carbocycles. The summed E-state index contributed by atoms with van der Waals surface area (Å²) >= 11 is 0. The number of anilines is 2. The lowest BCUT2D eigenvalue weighted by molar-refractivity contribution is -0.384. The number of nitrogens with zero attached hydrogens (tertiary/aromatic N) is 3. The van der Waals surface area contributed by atoms with Gasteiger partial charge in [-0.25, -0.2) is 4.98 Å². The van der Waals surface area contributed by atoms with Gasteiger partial charge in [-0.05, 0) is 26.3 Å². The van der Waals surface area contributed by atoms with Crippen LogP contribution in [0.5, 0.6) is 0 Å². The third kappa shape index (κ3) is 5.57. The fraction of sp³-hybridized carbons (Fsp3) is 0.375. The molecule has 0 radical (unpaired) electrons. The Bertz CT molecular complexity index is 786. The number of nitrogens with one attached hydrogen (secondary N) is 2. The molecule has 140 valence electrons. The fourth-order valence-electron chi connectivity index (χ4n) is 2.00. The van der Waals surface area contributed by atoms with Crippen LogP contribution in [0.3, 0.4) is 0 Å². The van der Waals surface area contributed by atoms with Crippen LogP contribution >= 0.6 is 0 Å². The van der Waals surface area contributed by atoms with Gasteiger partial charge in [-0.3, -0.25) is 10.1 Å². The largest absolute Gasteiger partial charge is 0.433 e. The smallest absolute Gasteiger partial charge is 0.366 e. The first-order chi connectivity index (χ1) is 11.9. The third-order valence-corrected chi connectivity index (χ3v) is 3.12. The van der Waals surface area contributed by atoms with Crippen molar-refractivity contribution in [3.63, 3.8) is 0 Å². The normalized spacial score (nSPS) is 11.9. The average Bonchev–Trinajstić information content (AvgIpc) is 2.50. The van der Waals surface area contributed by atoms with Gasteiger partial charge in [-0.2, -0.15) is 18.2 Å². The summed E-state index contributed by atoms with van der Waals surface area (Å²) in [6.45, 7) is 5.49. The summed E-state index contributed by atoms with van der Waals surface area (Å²) in [4.78, 5) is 17.7. The van der Waals surface area contributed by atoms with E-state index in [2.05, 4.69) is 20.6 Å². The molecule has 0 atom stereocenters. The van der Waals surface area contributed by atoms with Gasteiger partial charge in [0.05, 0.1) is 4.92 Å². The quantitative estimate of drug-likeness (QED) is 0.605. The third-order valence-electron chi connectivity index (χ3n) is 3.12. The SMILES string of the molecule is CC(C)(C)Nc1nc(NCc2ccc([N+](=O)[O-])cc2)cc(C(F)(F)F)n1. The lowest BCUT2D eigenvalue weighted by Crippen LogP contribution is -2.28. The second-order valence-electron chi connectivity index (χ2n) is 6.61. The molecule has 1 heterocycles. The number of alkyl halides is 3. The van der Waals surface area contributed by atoms with E-state index in [0.717, 1.165) is 6.07 Å². The van der Waals surface area contributed by atoms with E-state index in [-0.39, 0.29) is 24.0 Å². The summed E-state index contributed by atoms with van der Waals surface area (Å²) in [7, 11) is 0. The molecule has 0 aliphatic heterocycles. The van der Waals surface area contributed by atoms with Crippen molar-refractivity contribution < 1.29 is 18.1 Å². The maximum absolute atomic E-state index is 13.1. The van der Waals surface area contributed by atoms with E-state index < -0.39 is 22.3 Å². The molecule has 0 aliphatic rings. The first-order valence-corrected chi connectivity index (χ1v) is 7.66. The lowest BCUT2D eigenvalue weighted by atomic mass is 10.1. The number of benzene rings is 1. The second-order valence-corrected chi connectivity index (χ2v) is 6.61. The molecule has 2 rings (SSSR count). The molecule has 0 aliphatic carbocycles. The highest BCUT2D eigenvalue weighted by Gasteiger charge is 2.34. The Balaban J connectivity index is 2.21. The van der Waals surface area contributed by atoms with Crippen LogP contribution in [-0.4, -0.2) is 20.4 Å². The van der Waals surface area contributed by atoms with Crippen LogP contribution in [-0.2, 0) is 12.7 Å². The van der Waals surface area contributed by atoms with E-state index >= 15 is 0 Å². The molecule has 0 unspecified atom stereocenters. The Kier molecular flexibility index (Phi) is 5.33. The molecule has 10 heteroatoms. The zero-order chi connectivity index (χ0) is 19.5. The first kappa shape index (κ1) is 19.4. The van der Waals surface area contributed by atoms with Crippen LogP contribution in [0.25, 0.3) is 0 Å². The van der Waals surface area contributed by atoms with Crippen molar-refractivity contribution in [2.75, 3.05) is 10.6 Å². The Morgan fingerprint density at radius 1 is 1.12 bits per heavy atom. The molecule has 26 heavy (non-hydrogen) atoms. The highest BCUT2D eigenvalue weighted by Crippen LogP contribution is 2.30. The van der Waals surface area contributed by atoms with Crippen LogP contribution in [0.1, 0.15) is 32.0 Å². The van der Waals surface area contributed by atoms with Gasteiger partial charge >= 0.3 is 6.18 Å². The number of nitro benzene ring substituents is 1. The van der Waals surface area contributed by atoms with E-state index in [1.807, 2.05) is 0 Å². The number of non-ortho nitro benzene ring substituents is 1. The zero-order valence-corrected chi connectivity index (χ0v) is 14.4. The minimum atomic E-state index is -4.61. The summed E-state index contributed by atoms with van der Waals surface area (Å²) in [5.74, 6) is -0.143. The van der Waals surface area contributed by atoms with Crippen molar-refractivity contribution >= 4 is 17.5 Å². The predicted molar refractivity (Wildman–Crippen MR) is 90.8 cm³/mol. The van der Waals surface area contributed by atoms with Crippen LogP contribution < -0.4 is 10.6 Å². The molecule has 0 bridgehead atoms. The van der Waals surface area contributed by atoms with Gasteiger partial charge in [0.2, 0.25) is 5.95 Å². The molecular formula is C16H18F3N5O2. The summed E-state index contributed by atoms with van der Waals surface area (Å²) in [6.07, 6.45) is -4.61. The monoisotopic (exact) mass is 369 g/mol. The Hall–Kier alpha value is -2.91. The maximum atomic E-state index is 13.1. The molecule has 0 fully saturated rings. The van der Waals surface area contributed by atoms with Crippen molar-refractivity contribution in [3.05, 3.63) is 51.7 Å². The van der Waals surface area contributed by atoms with E-state index in [1.165, 1.54) is 24.3 Å². The number of aromatic nitrogens is 2. The maximum Gasteiger partial charge on any atom is 0.433 e. The average molecular weight is 369 g/mol. The molecule has 0 amide bonds. The van der Waals surface area contributed by atoms with Crippen molar-refractivity contribution in [3.8, 4) is 0 Å². The van der Waals surface area contributed by atoms with Crippen LogP contribution in [0.4, 0.5) is 30.6 Å². The lowest BCUT2D eigenvalue weighted by Gasteiger charge is -2.21. The van der Waals surface area contributed by atoms with Gasteiger partial charge in [0.25, 0.3) is 5.69 Å². The second kappa shape index (κ2) is 7.14. The van der Waals surface area contributed by atoms with Gasteiger partial charge in [-0.1, -0.05) is 12.1 Å². The highest BCUT2D eigenvalue weighted by molar-refractivity contribution is 5.45. The Morgan fingerprint density at radius 2 is 1.73 bits per heavy atom. The molecule has 0 saturated heterocycles. The zero-order valence-electron chi connectivity index (χ0n) is 14.4. The van der Waals surface area contributed by atoms with Crippen LogP contribution in [0.2, 0.25) is 0 Å². The number of hydrogen-bond donors (Lipinski definition) is 2. The Morgan fingerprint density at radius 3 is 2.23 bits per heavy atom. The number of hydrogen-bond acceptors (Lipinski definition) is 6. The first-order valence-electron chi connectivity index (χ1n) is 7.66. The van der Waals surface area contributed by atoms with Crippen molar-refractivity contribution in [2.45, 2.75) is 39.0 Å². The fourth-order valence-corrected chi connectivity index (χ4v) is 2.00. The van der Waals surface area contributed by atoms with Crippen molar-refractivity contribution in [2.24, 2.45) is 0 Å².